The standard InChI is InChI=1S/C28H29N3O6S/c1-20-17-21-5-2-3-8-26(21)31(20)38(34,35)25-7-4-6-22(18-25)28(33)37-19-27(32)29-23-9-11-24(12-10-23)30-13-15-36-16-14-30/h2-12,18,20H,13-17,19H2,1H3,(H,29,32)/t20-/m1/s1. The van der Waals surface area contributed by atoms with Crippen molar-refractivity contribution < 1.29 is 27.5 Å². The van der Waals surface area contributed by atoms with Crippen LogP contribution >= 0.6 is 0 Å². The summed E-state index contributed by atoms with van der Waals surface area (Å²) in [5, 5.41) is 2.70. The molecule has 0 saturated carbocycles. The number of carbonyl (C=O) groups is 2. The first-order valence-corrected chi connectivity index (χ1v) is 13.9. The Kier molecular flexibility index (Phi) is 7.35. The Bertz CT molecular complexity index is 1430. The predicted octanol–water partition coefficient (Wildman–Crippen LogP) is 3.46. The maximum atomic E-state index is 13.5. The maximum absolute atomic E-state index is 13.5. The third kappa shape index (κ3) is 5.36. The minimum absolute atomic E-state index is 0.0136. The summed E-state index contributed by atoms with van der Waals surface area (Å²) >= 11 is 0. The van der Waals surface area contributed by atoms with Crippen LogP contribution in [0.5, 0.6) is 0 Å². The SMILES string of the molecule is C[C@@H]1Cc2ccccc2N1S(=O)(=O)c1cccc(C(=O)OCC(=O)Nc2ccc(N3CCOCC3)cc2)c1. The van der Waals surface area contributed by atoms with E-state index in [0.29, 0.717) is 31.0 Å². The van der Waals surface area contributed by atoms with Crippen molar-refractivity contribution in [2.24, 2.45) is 0 Å². The topological polar surface area (TPSA) is 105 Å². The molecule has 1 N–H and O–H groups in total. The minimum Gasteiger partial charge on any atom is -0.452 e. The number of anilines is 3. The molecule has 10 heteroatoms. The Labute approximate surface area is 222 Å². The van der Waals surface area contributed by atoms with Crippen LogP contribution in [0, 0.1) is 0 Å². The van der Waals surface area contributed by atoms with Crippen LogP contribution in [-0.2, 0) is 30.7 Å². The second-order valence-electron chi connectivity index (χ2n) is 9.28. The van der Waals surface area contributed by atoms with Gasteiger partial charge in [0.05, 0.1) is 29.4 Å². The summed E-state index contributed by atoms with van der Waals surface area (Å²) in [5.74, 6) is -1.28. The molecule has 0 bridgehead atoms. The van der Waals surface area contributed by atoms with E-state index in [2.05, 4.69) is 10.2 Å². The van der Waals surface area contributed by atoms with Crippen LogP contribution in [0.3, 0.4) is 0 Å². The van der Waals surface area contributed by atoms with Crippen LogP contribution in [0.2, 0.25) is 0 Å². The van der Waals surface area contributed by atoms with E-state index < -0.39 is 28.5 Å². The number of benzene rings is 3. The average Bonchev–Trinajstić information content (AvgIpc) is 3.29. The van der Waals surface area contributed by atoms with Crippen molar-refractivity contribution in [2.75, 3.05) is 47.4 Å². The fourth-order valence-electron chi connectivity index (χ4n) is 4.79. The number of nitrogens with one attached hydrogen (secondary N) is 1. The van der Waals surface area contributed by atoms with Gasteiger partial charge in [0, 0.05) is 30.5 Å². The van der Waals surface area contributed by atoms with Gasteiger partial charge < -0.3 is 19.7 Å². The first-order chi connectivity index (χ1) is 18.3. The number of amides is 1. The molecule has 3 aromatic rings. The molecular weight excluding hydrogens is 506 g/mol. The third-order valence-electron chi connectivity index (χ3n) is 6.63. The Morgan fingerprint density at radius 1 is 1.00 bits per heavy atom. The van der Waals surface area contributed by atoms with E-state index in [1.807, 2.05) is 31.2 Å². The summed E-state index contributed by atoms with van der Waals surface area (Å²) in [5.41, 5.74) is 3.27. The molecule has 0 aliphatic carbocycles. The minimum atomic E-state index is -3.91. The number of ether oxygens (including phenoxy) is 2. The summed E-state index contributed by atoms with van der Waals surface area (Å²) in [6, 6.07) is 20.2. The lowest BCUT2D eigenvalue weighted by molar-refractivity contribution is -0.119. The molecule has 0 radical (unpaired) electrons. The molecule has 9 nitrogen and oxygen atoms in total. The van der Waals surface area contributed by atoms with Crippen LogP contribution < -0.4 is 14.5 Å². The van der Waals surface area contributed by atoms with Crippen molar-refractivity contribution in [3.05, 3.63) is 83.9 Å². The summed E-state index contributed by atoms with van der Waals surface area (Å²) < 4.78 is 38.9. The van der Waals surface area contributed by atoms with Crippen molar-refractivity contribution in [2.45, 2.75) is 24.3 Å². The van der Waals surface area contributed by atoms with E-state index in [1.165, 1.54) is 28.6 Å². The van der Waals surface area contributed by atoms with Gasteiger partial charge in [0.1, 0.15) is 0 Å². The molecule has 1 fully saturated rings. The third-order valence-corrected chi connectivity index (χ3v) is 8.56. The number of rotatable bonds is 7. The zero-order valence-electron chi connectivity index (χ0n) is 21.0. The van der Waals surface area contributed by atoms with Gasteiger partial charge in [-0.15, -0.1) is 0 Å². The number of para-hydroxylation sites is 1. The molecule has 1 saturated heterocycles. The average molecular weight is 536 g/mol. The summed E-state index contributed by atoms with van der Waals surface area (Å²) in [4.78, 5) is 27.2. The highest BCUT2D eigenvalue weighted by atomic mass is 32.2. The fourth-order valence-corrected chi connectivity index (χ4v) is 6.53. The second-order valence-corrected chi connectivity index (χ2v) is 11.1. The first kappa shape index (κ1) is 25.7. The summed E-state index contributed by atoms with van der Waals surface area (Å²) in [7, 11) is -3.91. The zero-order valence-corrected chi connectivity index (χ0v) is 21.8. The van der Waals surface area contributed by atoms with Crippen molar-refractivity contribution in [3.63, 3.8) is 0 Å². The van der Waals surface area contributed by atoms with E-state index >= 15 is 0 Å². The van der Waals surface area contributed by atoms with Crippen LogP contribution in [0.15, 0.2) is 77.7 Å². The number of sulfonamides is 1. The summed E-state index contributed by atoms with van der Waals surface area (Å²) in [6.45, 7) is 4.35. The van der Waals surface area contributed by atoms with Crippen LogP contribution in [0.25, 0.3) is 0 Å². The van der Waals surface area contributed by atoms with E-state index in [1.54, 1.807) is 24.3 Å². The van der Waals surface area contributed by atoms with Gasteiger partial charge >= 0.3 is 5.97 Å². The van der Waals surface area contributed by atoms with Gasteiger partial charge in [-0.05, 0) is 67.4 Å². The van der Waals surface area contributed by atoms with Gasteiger partial charge in [0.2, 0.25) is 0 Å². The lowest BCUT2D eigenvalue weighted by atomic mass is 10.1. The molecule has 198 valence electrons. The molecule has 1 amide bonds. The van der Waals surface area contributed by atoms with E-state index in [-0.39, 0.29) is 16.5 Å². The van der Waals surface area contributed by atoms with E-state index in [0.717, 1.165) is 24.3 Å². The highest BCUT2D eigenvalue weighted by Crippen LogP contribution is 2.36. The van der Waals surface area contributed by atoms with Crippen LogP contribution in [-0.4, -0.2) is 59.2 Å². The molecule has 2 aliphatic heterocycles. The Hall–Kier alpha value is -3.89. The number of hydrogen-bond donors (Lipinski definition) is 1. The quantitative estimate of drug-likeness (QED) is 0.462. The van der Waals surface area contributed by atoms with Gasteiger partial charge in [0.25, 0.3) is 15.9 Å². The molecule has 38 heavy (non-hydrogen) atoms. The highest BCUT2D eigenvalue weighted by Gasteiger charge is 2.36. The maximum Gasteiger partial charge on any atom is 0.338 e. The number of esters is 1. The van der Waals surface area contributed by atoms with Crippen molar-refractivity contribution in [1.29, 1.82) is 0 Å². The van der Waals surface area contributed by atoms with Gasteiger partial charge in [-0.2, -0.15) is 0 Å². The van der Waals surface area contributed by atoms with Crippen molar-refractivity contribution in [1.82, 2.24) is 0 Å². The van der Waals surface area contributed by atoms with Gasteiger partial charge in [-0.1, -0.05) is 24.3 Å². The number of nitrogens with zero attached hydrogens (tertiary/aromatic N) is 2. The first-order valence-electron chi connectivity index (χ1n) is 12.4. The molecule has 0 aromatic heterocycles. The van der Waals surface area contributed by atoms with Gasteiger partial charge in [-0.25, -0.2) is 13.2 Å². The van der Waals surface area contributed by atoms with E-state index in [9.17, 15) is 18.0 Å². The number of morpholine rings is 1. The Morgan fingerprint density at radius 3 is 2.50 bits per heavy atom. The fraction of sp³-hybridized carbons (Fsp3) is 0.286. The Balaban J connectivity index is 1.20. The molecule has 3 aromatic carbocycles. The smallest absolute Gasteiger partial charge is 0.338 e. The monoisotopic (exact) mass is 535 g/mol. The highest BCUT2D eigenvalue weighted by molar-refractivity contribution is 7.92. The molecule has 1 atom stereocenters. The number of fused-ring (bicyclic) bond motifs is 1. The number of hydrogen-bond acceptors (Lipinski definition) is 7. The van der Waals surface area contributed by atoms with Crippen LogP contribution in [0.1, 0.15) is 22.8 Å². The van der Waals surface area contributed by atoms with Crippen molar-refractivity contribution in [3.8, 4) is 0 Å². The number of carbonyl (C=O) groups excluding carboxylic acids is 2. The molecular formula is C28H29N3O6S. The molecule has 5 rings (SSSR count). The molecule has 0 spiro atoms. The van der Waals surface area contributed by atoms with Crippen molar-refractivity contribution >= 4 is 39.0 Å². The van der Waals surface area contributed by atoms with Gasteiger partial charge in [-0.3, -0.25) is 9.10 Å². The molecule has 2 heterocycles. The normalized spacial score (nSPS) is 17.1. The zero-order chi connectivity index (χ0) is 26.7. The lowest BCUT2D eigenvalue weighted by Crippen LogP contribution is -2.36. The summed E-state index contributed by atoms with van der Waals surface area (Å²) in [6.07, 6.45) is 0.613. The van der Waals surface area contributed by atoms with Gasteiger partial charge in [0.15, 0.2) is 6.61 Å². The second kappa shape index (κ2) is 10.8. The lowest BCUT2D eigenvalue weighted by Gasteiger charge is -2.28. The van der Waals surface area contributed by atoms with E-state index in [4.69, 9.17) is 9.47 Å². The Morgan fingerprint density at radius 2 is 1.74 bits per heavy atom. The largest absolute Gasteiger partial charge is 0.452 e. The predicted molar refractivity (Wildman–Crippen MR) is 144 cm³/mol. The molecule has 0 unspecified atom stereocenters. The molecule has 2 aliphatic rings. The van der Waals surface area contributed by atoms with Crippen LogP contribution in [0.4, 0.5) is 17.1 Å².